The molecule has 0 spiro atoms. The van der Waals surface area contributed by atoms with Crippen LogP contribution in [0.2, 0.25) is 0 Å². The van der Waals surface area contributed by atoms with Crippen molar-refractivity contribution in [1.82, 2.24) is 30.9 Å². The van der Waals surface area contributed by atoms with Crippen LogP contribution in [0, 0.1) is 0 Å². The number of carbonyl (C=O) groups excluding carboxylic acids is 4. The van der Waals surface area contributed by atoms with Crippen molar-refractivity contribution in [1.29, 1.82) is 0 Å². The summed E-state index contributed by atoms with van der Waals surface area (Å²) in [4.78, 5) is 70.9. The van der Waals surface area contributed by atoms with Gasteiger partial charge in [-0.15, -0.1) is 0 Å². The molecule has 1 aromatic heterocycles. The fourth-order valence-corrected chi connectivity index (χ4v) is 3.20. The zero-order valence-electron chi connectivity index (χ0n) is 19.4. The van der Waals surface area contributed by atoms with Gasteiger partial charge in [-0.3, -0.25) is 24.2 Å². The topological polar surface area (TPSA) is 199 Å². The van der Waals surface area contributed by atoms with Crippen LogP contribution in [-0.2, 0) is 20.9 Å². The monoisotopic (exact) mass is 505 g/mol. The lowest BCUT2D eigenvalue weighted by Crippen LogP contribution is -2.43. The number of aromatic nitrogens is 3. The molecule has 0 saturated carbocycles. The average Bonchev–Trinajstić information content (AvgIpc) is 2.88. The Balaban J connectivity index is 1.52. The Hall–Kier alpha value is -5.27. The van der Waals surface area contributed by atoms with Crippen LogP contribution in [0.1, 0.15) is 15.9 Å². The molecule has 0 saturated heterocycles. The van der Waals surface area contributed by atoms with E-state index in [9.17, 15) is 24.0 Å². The van der Waals surface area contributed by atoms with Gasteiger partial charge in [-0.25, -0.2) is 4.79 Å². The molecule has 4 heterocycles. The summed E-state index contributed by atoms with van der Waals surface area (Å²) in [5.41, 5.74) is 1.57. The first-order valence-electron chi connectivity index (χ1n) is 11.1. The Kier molecular flexibility index (Phi) is 7.68. The molecule has 14 nitrogen and oxygen atoms in total. The lowest BCUT2D eigenvalue weighted by molar-refractivity contribution is -0.126. The zero-order valence-corrected chi connectivity index (χ0v) is 19.4. The fraction of sp³-hybridized carbons (Fsp3) is 0.174. The molecule has 3 aromatic rings. The van der Waals surface area contributed by atoms with Gasteiger partial charge in [0.1, 0.15) is 0 Å². The summed E-state index contributed by atoms with van der Waals surface area (Å²) in [6.07, 6.45) is 0. The van der Waals surface area contributed by atoms with Crippen molar-refractivity contribution in [3.8, 4) is 0 Å². The molecular formula is C23H23N9O5. The quantitative estimate of drug-likeness (QED) is 0.209. The molecule has 14 heteroatoms. The second kappa shape index (κ2) is 11.4. The van der Waals surface area contributed by atoms with Gasteiger partial charge in [0, 0.05) is 23.5 Å². The Morgan fingerprint density at radius 3 is 1.86 bits per heavy atom. The van der Waals surface area contributed by atoms with E-state index in [0.717, 1.165) is 5.56 Å². The number of aromatic amines is 1. The van der Waals surface area contributed by atoms with Crippen LogP contribution in [0.4, 0.5) is 23.3 Å². The van der Waals surface area contributed by atoms with Gasteiger partial charge >= 0.3 is 5.69 Å². The maximum Gasteiger partial charge on any atom is 0.351 e. The normalized spacial score (nSPS) is 15.1. The summed E-state index contributed by atoms with van der Waals surface area (Å²) in [6.45, 7) is -0.681. The van der Waals surface area contributed by atoms with Gasteiger partial charge in [0.05, 0.1) is 19.6 Å². The predicted octanol–water partition coefficient (Wildman–Crippen LogP) is -0.565. The molecular weight excluding hydrogens is 482 g/mol. The number of carbonyl (C=O) groups is 4. The third-order valence-electron chi connectivity index (χ3n) is 5.05. The van der Waals surface area contributed by atoms with Gasteiger partial charge in [-0.1, -0.05) is 12.1 Å². The molecule has 4 amide bonds. The average molecular weight is 505 g/mol. The standard InChI is InChI=1S/C23H23N9O5/c33-17-10-24-18(34)11-26-20(36)14-3-7-16(8-4-14)29-22-30-21(31-23(37)32-22)27-9-13-1-5-15(6-2-13)28-19(35)12-25-17/h1-8H,9-12H2,(H,24,34)(H,25,33)(H,26,36)(H,28,35)(H3,27,29,30,31,32,37). The number of fused-ring (bicyclic) bond motifs is 2. The van der Waals surface area contributed by atoms with Crippen LogP contribution in [0.25, 0.3) is 0 Å². The second-order valence-corrected chi connectivity index (χ2v) is 7.86. The van der Waals surface area contributed by atoms with Crippen molar-refractivity contribution in [2.45, 2.75) is 6.54 Å². The summed E-state index contributed by atoms with van der Waals surface area (Å²) >= 11 is 0. The van der Waals surface area contributed by atoms with Crippen LogP contribution < -0.4 is 37.6 Å². The number of H-pyrrole nitrogens is 1. The smallest absolute Gasteiger partial charge is 0.350 e. The van der Waals surface area contributed by atoms with Crippen molar-refractivity contribution < 1.29 is 19.2 Å². The highest BCUT2D eigenvalue weighted by Gasteiger charge is 2.11. The molecule has 0 radical (unpaired) electrons. The predicted molar refractivity (Wildman–Crippen MR) is 133 cm³/mol. The van der Waals surface area contributed by atoms with Crippen molar-refractivity contribution in [3.63, 3.8) is 0 Å². The van der Waals surface area contributed by atoms with Crippen molar-refractivity contribution in [3.05, 3.63) is 70.1 Å². The largest absolute Gasteiger partial charge is 0.351 e. The van der Waals surface area contributed by atoms with Crippen LogP contribution in [-0.4, -0.2) is 58.2 Å². The van der Waals surface area contributed by atoms with E-state index in [-0.39, 0.29) is 37.1 Å². The van der Waals surface area contributed by atoms with Gasteiger partial charge in [0.2, 0.25) is 29.6 Å². The number of nitrogens with zero attached hydrogens (tertiary/aromatic N) is 2. The highest BCUT2D eigenvalue weighted by molar-refractivity contribution is 5.97. The minimum Gasteiger partial charge on any atom is -0.350 e. The van der Waals surface area contributed by atoms with Crippen LogP contribution in [0.15, 0.2) is 53.3 Å². The molecule has 0 unspecified atom stereocenters. The van der Waals surface area contributed by atoms with Crippen LogP contribution >= 0.6 is 0 Å². The van der Waals surface area contributed by atoms with Crippen LogP contribution in [0.5, 0.6) is 0 Å². The Labute approximate surface area is 209 Å². The first-order valence-corrected chi connectivity index (χ1v) is 11.1. The molecule has 0 atom stereocenters. The van der Waals surface area contributed by atoms with E-state index < -0.39 is 29.3 Å². The molecule has 190 valence electrons. The van der Waals surface area contributed by atoms with Gasteiger partial charge in [-0.05, 0) is 42.0 Å². The first kappa shape index (κ1) is 24.8. The first-order chi connectivity index (χ1) is 17.8. The molecule has 37 heavy (non-hydrogen) atoms. The third kappa shape index (κ3) is 7.35. The molecule has 6 bridgehead atoms. The minimum absolute atomic E-state index is 0.0965. The van der Waals surface area contributed by atoms with Gasteiger partial charge in [-0.2, -0.15) is 9.97 Å². The van der Waals surface area contributed by atoms with E-state index >= 15 is 0 Å². The van der Waals surface area contributed by atoms with Crippen molar-refractivity contribution >= 4 is 46.9 Å². The summed E-state index contributed by atoms with van der Waals surface area (Å²) < 4.78 is 0. The molecule has 6 rings (SSSR count). The highest BCUT2D eigenvalue weighted by atomic mass is 16.2. The molecule has 2 aromatic carbocycles. The maximum absolute atomic E-state index is 12.3. The summed E-state index contributed by atoms with van der Waals surface area (Å²) in [5, 5.41) is 15.8. The number of hydrogen-bond acceptors (Lipinski definition) is 9. The number of amides is 4. The Morgan fingerprint density at radius 1 is 0.568 bits per heavy atom. The number of hydrogen-bond donors (Lipinski definition) is 7. The number of rotatable bonds is 0. The Morgan fingerprint density at radius 2 is 1.16 bits per heavy atom. The summed E-state index contributed by atoms with van der Waals surface area (Å²) in [7, 11) is 0. The number of benzene rings is 2. The lowest BCUT2D eigenvalue weighted by atomic mass is 10.2. The second-order valence-electron chi connectivity index (χ2n) is 7.86. The molecule has 0 aliphatic carbocycles. The van der Waals surface area contributed by atoms with E-state index in [0.29, 0.717) is 17.9 Å². The number of anilines is 4. The third-order valence-corrected chi connectivity index (χ3v) is 5.05. The molecule has 0 fully saturated rings. The maximum atomic E-state index is 12.3. The fourth-order valence-electron chi connectivity index (χ4n) is 3.20. The highest BCUT2D eigenvalue weighted by Crippen LogP contribution is 2.15. The van der Waals surface area contributed by atoms with E-state index in [1.807, 2.05) is 0 Å². The van der Waals surface area contributed by atoms with E-state index in [2.05, 4.69) is 46.9 Å². The van der Waals surface area contributed by atoms with E-state index in [4.69, 9.17) is 0 Å². The van der Waals surface area contributed by atoms with E-state index in [1.54, 1.807) is 36.4 Å². The molecule has 3 aliphatic heterocycles. The Bertz CT molecular complexity index is 1370. The SMILES string of the molecule is O=C1CNC(=O)CNC(=O)c2ccc(cc2)Nc2nc(nc(=O)[nH]2)NCc2ccc(cc2)NC(=O)CN1. The lowest BCUT2D eigenvalue weighted by Gasteiger charge is -2.10. The van der Waals surface area contributed by atoms with E-state index in [1.165, 1.54) is 12.1 Å². The molecule has 7 N–H and O–H groups in total. The molecule has 3 aliphatic rings. The van der Waals surface area contributed by atoms with Gasteiger partial charge in [0.25, 0.3) is 5.91 Å². The van der Waals surface area contributed by atoms with Crippen molar-refractivity contribution in [2.75, 3.05) is 35.6 Å². The number of nitrogens with one attached hydrogen (secondary N) is 7. The van der Waals surface area contributed by atoms with Gasteiger partial charge < -0.3 is 31.9 Å². The zero-order chi connectivity index (χ0) is 26.2. The van der Waals surface area contributed by atoms with Crippen LogP contribution in [0.3, 0.4) is 0 Å². The summed E-state index contributed by atoms with van der Waals surface area (Å²) in [5.74, 6) is -1.85. The minimum atomic E-state index is -0.614. The van der Waals surface area contributed by atoms with Gasteiger partial charge in [0.15, 0.2) is 0 Å². The summed E-state index contributed by atoms with van der Waals surface area (Å²) in [6, 6.07) is 13.2. The van der Waals surface area contributed by atoms with Crippen molar-refractivity contribution in [2.24, 2.45) is 0 Å².